The Labute approximate surface area is 197 Å². The van der Waals surface area contributed by atoms with Gasteiger partial charge in [-0.3, -0.25) is 4.79 Å². The van der Waals surface area contributed by atoms with Gasteiger partial charge in [0, 0.05) is 29.2 Å². The maximum Gasteiger partial charge on any atom is 0.310 e. The van der Waals surface area contributed by atoms with Crippen LogP contribution in [0.3, 0.4) is 0 Å². The van der Waals surface area contributed by atoms with Crippen LogP contribution in [0.2, 0.25) is 5.02 Å². The summed E-state index contributed by atoms with van der Waals surface area (Å²) in [7, 11) is 0. The third kappa shape index (κ3) is 5.29. The third-order valence-corrected chi connectivity index (χ3v) is 5.87. The van der Waals surface area contributed by atoms with Crippen LogP contribution in [0, 0.1) is 17.2 Å². The van der Waals surface area contributed by atoms with Gasteiger partial charge in [0.15, 0.2) is 0 Å². The number of piperidine rings is 1. The molecule has 0 unspecified atom stereocenters. The molecule has 2 aromatic carbocycles. The highest BCUT2D eigenvalue weighted by molar-refractivity contribution is 6.31. The predicted molar refractivity (Wildman–Crippen MR) is 124 cm³/mol. The average molecular weight is 466 g/mol. The van der Waals surface area contributed by atoms with E-state index in [1.54, 1.807) is 6.92 Å². The lowest BCUT2D eigenvalue weighted by molar-refractivity contribution is -0.148. The molecular formula is C25H24ClN3O4. The number of ether oxygens (including phenoxy) is 2. The molecule has 0 N–H and O–H groups in total. The monoisotopic (exact) mass is 465 g/mol. The number of nitrogens with zero attached hydrogens (tertiary/aromatic N) is 3. The predicted octanol–water partition coefficient (Wildman–Crippen LogP) is 5.23. The summed E-state index contributed by atoms with van der Waals surface area (Å²) in [4.78, 5) is 18.4. The van der Waals surface area contributed by atoms with Gasteiger partial charge < -0.3 is 18.8 Å². The highest BCUT2D eigenvalue weighted by Crippen LogP contribution is 2.32. The Bertz CT molecular complexity index is 1150. The first-order valence-corrected chi connectivity index (χ1v) is 11.3. The van der Waals surface area contributed by atoms with Crippen molar-refractivity contribution < 1.29 is 18.7 Å². The number of rotatable bonds is 7. The minimum Gasteiger partial charge on any atom is -0.489 e. The molecule has 170 valence electrons. The van der Waals surface area contributed by atoms with Gasteiger partial charge in [0.05, 0.1) is 12.5 Å². The van der Waals surface area contributed by atoms with Gasteiger partial charge in [-0.05, 0) is 50.1 Å². The van der Waals surface area contributed by atoms with Crippen LogP contribution in [0.5, 0.6) is 5.75 Å². The first-order valence-electron chi connectivity index (χ1n) is 10.9. The molecule has 1 atom stereocenters. The van der Waals surface area contributed by atoms with Crippen LogP contribution in [0.4, 0.5) is 5.88 Å². The summed E-state index contributed by atoms with van der Waals surface area (Å²) in [6.45, 7) is 3.63. The van der Waals surface area contributed by atoms with Gasteiger partial charge in [-0.15, -0.1) is 0 Å². The van der Waals surface area contributed by atoms with Crippen molar-refractivity contribution in [3.05, 3.63) is 64.8 Å². The standard InChI is InChI=1S/C25H24ClN3O4/c1-2-31-25(30)18-7-5-13-29(15-18)24-22(14-27)28-23(33-24)17-9-11-20(12-10-17)32-16-19-6-3-4-8-21(19)26/h3-4,6,8-12,18H,2,5,7,13,15-16H2,1H3/t18-/m1/s1. The zero-order valence-electron chi connectivity index (χ0n) is 18.3. The number of nitriles is 1. The van der Waals surface area contributed by atoms with Crippen LogP contribution in [-0.4, -0.2) is 30.6 Å². The molecule has 8 heteroatoms. The van der Waals surface area contributed by atoms with Crippen LogP contribution < -0.4 is 9.64 Å². The van der Waals surface area contributed by atoms with Crippen LogP contribution in [0.25, 0.3) is 11.5 Å². The molecule has 1 aromatic heterocycles. The van der Waals surface area contributed by atoms with Crippen molar-refractivity contribution in [1.29, 1.82) is 5.26 Å². The van der Waals surface area contributed by atoms with E-state index in [0.717, 1.165) is 24.0 Å². The van der Waals surface area contributed by atoms with Gasteiger partial charge >= 0.3 is 5.97 Å². The molecule has 0 radical (unpaired) electrons. The number of carbonyl (C=O) groups is 1. The van der Waals surface area contributed by atoms with E-state index in [1.165, 1.54) is 0 Å². The second-order valence-electron chi connectivity index (χ2n) is 7.73. The number of oxazole rings is 1. The molecule has 4 rings (SSSR count). The molecule has 0 bridgehead atoms. The summed E-state index contributed by atoms with van der Waals surface area (Å²) in [5, 5.41) is 10.3. The van der Waals surface area contributed by atoms with Gasteiger partial charge in [0.25, 0.3) is 0 Å². The molecule has 3 aromatic rings. The molecule has 2 heterocycles. The maximum absolute atomic E-state index is 12.2. The van der Waals surface area contributed by atoms with E-state index in [4.69, 9.17) is 25.5 Å². The number of halogens is 1. The second kappa shape index (κ2) is 10.4. The van der Waals surface area contributed by atoms with Crippen LogP contribution in [0.1, 0.15) is 31.0 Å². The van der Waals surface area contributed by atoms with Gasteiger partial charge in [-0.2, -0.15) is 10.2 Å². The topological polar surface area (TPSA) is 88.6 Å². The Morgan fingerprint density at radius 2 is 2.06 bits per heavy atom. The quantitative estimate of drug-likeness (QED) is 0.441. The van der Waals surface area contributed by atoms with Crippen molar-refractivity contribution in [1.82, 2.24) is 4.98 Å². The Kier molecular flexibility index (Phi) is 7.16. The van der Waals surface area contributed by atoms with Gasteiger partial charge in [-0.1, -0.05) is 29.8 Å². The van der Waals surface area contributed by atoms with Crippen molar-refractivity contribution in [2.24, 2.45) is 5.92 Å². The summed E-state index contributed by atoms with van der Waals surface area (Å²) in [5.74, 6) is 0.957. The first kappa shape index (κ1) is 22.7. The highest BCUT2D eigenvalue weighted by Gasteiger charge is 2.30. The first-order chi connectivity index (χ1) is 16.1. The van der Waals surface area contributed by atoms with E-state index in [-0.39, 0.29) is 17.6 Å². The van der Waals surface area contributed by atoms with Crippen molar-refractivity contribution >= 4 is 23.5 Å². The molecule has 1 aliphatic rings. The Morgan fingerprint density at radius 1 is 1.27 bits per heavy atom. The highest BCUT2D eigenvalue weighted by atomic mass is 35.5. The minimum absolute atomic E-state index is 0.202. The lowest BCUT2D eigenvalue weighted by atomic mass is 9.98. The molecule has 0 spiro atoms. The van der Waals surface area contributed by atoms with Crippen molar-refractivity contribution in [3.63, 3.8) is 0 Å². The minimum atomic E-state index is -0.242. The Balaban J connectivity index is 1.47. The molecule has 1 fully saturated rings. The molecule has 0 aliphatic carbocycles. The van der Waals surface area contributed by atoms with Crippen LogP contribution in [-0.2, 0) is 16.1 Å². The molecular weight excluding hydrogens is 442 g/mol. The Morgan fingerprint density at radius 3 is 2.79 bits per heavy atom. The molecule has 0 amide bonds. The lowest BCUT2D eigenvalue weighted by Gasteiger charge is -2.31. The number of hydrogen-bond acceptors (Lipinski definition) is 7. The largest absolute Gasteiger partial charge is 0.489 e. The fraction of sp³-hybridized carbons (Fsp3) is 0.320. The lowest BCUT2D eigenvalue weighted by Crippen LogP contribution is -2.39. The average Bonchev–Trinajstić information content (AvgIpc) is 3.29. The number of esters is 1. The summed E-state index contributed by atoms with van der Waals surface area (Å²) in [5.41, 5.74) is 1.83. The number of anilines is 1. The van der Waals surface area contributed by atoms with Crippen LogP contribution >= 0.6 is 11.6 Å². The zero-order valence-corrected chi connectivity index (χ0v) is 19.0. The molecule has 1 aliphatic heterocycles. The number of hydrogen-bond donors (Lipinski definition) is 0. The second-order valence-corrected chi connectivity index (χ2v) is 8.13. The zero-order chi connectivity index (χ0) is 23.2. The van der Waals surface area contributed by atoms with E-state index in [1.807, 2.05) is 53.4 Å². The number of aromatic nitrogens is 1. The van der Waals surface area contributed by atoms with Crippen molar-refractivity contribution in [2.75, 3.05) is 24.6 Å². The van der Waals surface area contributed by atoms with E-state index >= 15 is 0 Å². The summed E-state index contributed by atoms with van der Waals surface area (Å²) in [6.07, 6.45) is 1.57. The molecule has 33 heavy (non-hydrogen) atoms. The molecule has 7 nitrogen and oxygen atoms in total. The fourth-order valence-corrected chi connectivity index (χ4v) is 4.00. The van der Waals surface area contributed by atoms with E-state index in [2.05, 4.69) is 11.1 Å². The molecule has 1 saturated heterocycles. The molecule has 0 saturated carbocycles. The van der Waals surface area contributed by atoms with Crippen LogP contribution in [0.15, 0.2) is 52.9 Å². The third-order valence-electron chi connectivity index (χ3n) is 5.50. The van der Waals surface area contributed by atoms with Crippen molar-refractivity contribution in [3.8, 4) is 23.3 Å². The maximum atomic E-state index is 12.2. The summed E-state index contributed by atoms with van der Waals surface area (Å²) >= 11 is 6.18. The summed E-state index contributed by atoms with van der Waals surface area (Å²) < 4.78 is 17.0. The van der Waals surface area contributed by atoms with Gasteiger partial charge in [-0.25, -0.2) is 0 Å². The van der Waals surface area contributed by atoms with E-state index in [9.17, 15) is 10.1 Å². The smallest absolute Gasteiger partial charge is 0.310 e. The normalized spacial score (nSPS) is 15.7. The van der Waals surface area contributed by atoms with E-state index in [0.29, 0.717) is 48.9 Å². The number of benzene rings is 2. The number of carbonyl (C=O) groups excluding carboxylic acids is 1. The van der Waals surface area contributed by atoms with E-state index < -0.39 is 0 Å². The van der Waals surface area contributed by atoms with Gasteiger partial charge in [0.2, 0.25) is 17.5 Å². The Hall–Kier alpha value is -3.50. The van der Waals surface area contributed by atoms with Gasteiger partial charge in [0.1, 0.15) is 18.4 Å². The summed E-state index contributed by atoms with van der Waals surface area (Å²) in [6, 6.07) is 16.9. The SMILES string of the molecule is CCOC(=O)[C@@H]1CCCN(c2oc(-c3ccc(OCc4ccccc4Cl)cc3)nc2C#N)C1. The fourth-order valence-electron chi connectivity index (χ4n) is 3.81. The van der Waals surface area contributed by atoms with Crippen molar-refractivity contribution in [2.45, 2.75) is 26.4 Å².